The van der Waals surface area contributed by atoms with Crippen molar-refractivity contribution in [1.29, 1.82) is 0 Å². The number of carbonyl (C=O) groups is 3. The quantitative estimate of drug-likeness (QED) is 0.0265. The summed E-state index contributed by atoms with van der Waals surface area (Å²) in [6, 6.07) is 0. The fourth-order valence-corrected chi connectivity index (χ4v) is 6.69. The molecule has 0 aromatic rings. The number of esters is 2. The molecule has 0 bridgehead atoms. The van der Waals surface area contributed by atoms with E-state index in [4.69, 9.17) is 18.9 Å². The van der Waals surface area contributed by atoms with E-state index in [1.165, 1.54) is 70.6 Å². The lowest BCUT2D eigenvalue weighted by Gasteiger charge is -2.38. The molecule has 0 amide bonds. The Kier molecular flexibility index (Phi) is 35.5. The van der Waals surface area contributed by atoms with Gasteiger partial charge in [0.25, 0.3) is 0 Å². The van der Waals surface area contributed by atoms with E-state index in [2.05, 4.69) is 74.6 Å². The van der Waals surface area contributed by atoms with Crippen molar-refractivity contribution < 1.29 is 53.8 Å². The van der Waals surface area contributed by atoms with Crippen molar-refractivity contribution in [2.24, 2.45) is 0 Å². The number of carboxylic acids is 1. The minimum absolute atomic E-state index is 0.169. The maximum Gasteiger partial charge on any atom is 0.335 e. The Balaban J connectivity index is 2.35. The summed E-state index contributed by atoms with van der Waals surface area (Å²) in [7, 11) is 0. The van der Waals surface area contributed by atoms with Crippen LogP contribution in [0.3, 0.4) is 0 Å². The van der Waals surface area contributed by atoms with Crippen LogP contribution in [0.5, 0.6) is 0 Å². The van der Waals surface area contributed by atoms with E-state index in [1.54, 1.807) is 0 Å². The minimum atomic E-state index is -1.87. The van der Waals surface area contributed by atoms with E-state index in [-0.39, 0.29) is 19.4 Å². The molecule has 0 radical (unpaired) electrons. The van der Waals surface area contributed by atoms with Crippen molar-refractivity contribution in [3.8, 4) is 0 Å². The van der Waals surface area contributed by atoms with Crippen molar-refractivity contribution in [3.05, 3.63) is 60.8 Å². The first kappa shape index (κ1) is 54.9. The summed E-state index contributed by atoms with van der Waals surface area (Å²) in [5.74, 6) is -2.49. The van der Waals surface area contributed by atoms with Crippen LogP contribution in [0.1, 0.15) is 181 Å². The predicted molar refractivity (Wildman–Crippen MR) is 238 cm³/mol. The summed E-state index contributed by atoms with van der Waals surface area (Å²) in [6.07, 6.45) is 38.5. The third-order valence-electron chi connectivity index (χ3n) is 10.4. The lowest BCUT2D eigenvalue weighted by Crippen LogP contribution is -2.60. The second kappa shape index (κ2) is 38.8. The standard InChI is InChI=1S/C49H82O11/c1-3-5-7-9-11-13-15-17-18-19-20-21-22-23-24-26-28-30-32-34-36-38-43(51)59-41(40-58-49-46(54)44(52)45(53)47(60-49)48(55)56)39-57-42(50)37-35-33-31-29-27-25-16-14-12-10-8-6-4-2/h6,8,12,14-15,17,19-20,25,27,41,44-47,49,52-54H,3-5,7,9-11,13,16,18,21-24,26,28-40H2,1-2H3,(H,55,56)/b8-6-,14-12-,17-15-,20-19-,27-25-. The summed E-state index contributed by atoms with van der Waals surface area (Å²) in [4.78, 5) is 36.8. The monoisotopic (exact) mass is 847 g/mol. The average molecular weight is 847 g/mol. The zero-order valence-electron chi connectivity index (χ0n) is 37.2. The first-order valence-electron chi connectivity index (χ1n) is 23.3. The van der Waals surface area contributed by atoms with Crippen molar-refractivity contribution >= 4 is 17.9 Å². The molecule has 6 atom stereocenters. The molecule has 1 aliphatic rings. The van der Waals surface area contributed by atoms with Crippen molar-refractivity contribution in [1.82, 2.24) is 0 Å². The molecule has 0 aliphatic carbocycles. The molecule has 60 heavy (non-hydrogen) atoms. The highest BCUT2D eigenvalue weighted by molar-refractivity contribution is 5.73. The van der Waals surface area contributed by atoms with Crippen LogP contribution < -0.4 is 0 Å². The fraction of sp³-hybridized carbons (Fsp3) is 0.735. The van der Waals surface area contributed by atoms with Crippen LogP contribution in [-0.2, 0) is 33.3 Å². The highest BCUT2D eigenvalue weighted by Gasteiger charge is 2.47. The van der Waals surface area contributed by atoms with Crippen LogP contribution in [0.2, 0.25) is 0 Å². The Morgan fingerprint density at radius 2 is 0.983 bits per heavy atom. The van der Waals surface area contributed by atoms with E-state index in [9.17, 15) is 34.8 Å². The van der Waals surface area contributed by atoms with Gasteiger partial charge >= 0.3 is 17.9 Å². The van der Waals surface area contributed by atoms with E-state index >= 15 is 0 Å². The van der Waals surface area contributed by atoms with Gasteiger partial charge in [-0.15, -0.1) is 0 Å². The van der Waals surface area contributed by atoms with Crippen molar-refractivity contribution in [3.63, 3.8) is 0 Å². The maximum atomic E-state index is 12.8. The van der Waals surface area contributed by atoms with Crippen molar-refractivity contribution in [2.75, 3.05) is 13.2 Å². The van der Waals surface area contributed by atoms with Gasteiger partial charge in [0.05, 0.1) is 6.61 Å². The largest absolute Gasteiger partial charge is 0.479 e. The van der Waals surface area contributed by atoms with Gasteiger partial charge in [-0.25, -0.2) is 4.79 Å². The lowest BCUT2D eigenvalue weighted by atomic mass is 9.99. The van der Waals surface area contributed by atoms with Gasteiger partial charge in [0, 0.05) is 12.8 Å². The highest BCUT2D eigenvalue weighted by atomic mass is 16.7. The number of aliphatic hydroxyl groups excluding tert-OH is 3. The first-order valence-corrected chi connectivity index (χ1v) is 23.3. The molecule has 0 aromatic heterocycles. The van der Waals surface area contributed by atoms with Gasteiger partial charge in [-0.05, 0) is 77.0 Å². The number of rotatable bonds is 38. The van der Waals surface area contributed by atoms with Crippen LogP contribution in [0.4, 0.5) is 0 Å². The normalized spacial score (nSPS) is 20.3. The number of hydrogen-bond donors (Lipinski definition) is 4. The Bertz CT molecular complexity index is 1230. The molecular weight excluding hydrogens is 765 g/mol. The van der Waals surface area contributed by atoms with Crippen LogP contribution in [-0.4, -0.2) is 88.4 Å². The third-order valence-corrected chi connectivity index (χ3v) is 10.4. The average Bonchev–Trinajstić information content (AvgIpc) is 3.23. The van der Waals surface area contributed by atoms with Gasteiger partial charge in [0.1, 0.15) is 24.9 Å². The Hall–Kier alpha value is -3.09. The molecular formula is C49H82O11. The molecule has 11 nitrogen and oxygen atoms in total. The molecule has 1 saturated heterocycles. The second-order valence-electron chi connectivity index (χ2n) is 15.9. The number of aliphatic carboxylic acids is 1. The molecule has 0 aromatic carbocycles. The minimum Gasteiger partial charge on any atom is -0.479 e. The van der Waals surface area contributed by atoms with Gasteiger partial charge in [-0.3, -0.25) is 9.59 Å². The van der Waals surface area contributed by atoms with Gasteiger partial charge < -0.3 is 39.4 Å². The fourth-order valence-electron chi connectivity index (χ4n) is 6.69. The number of hydrogen-bond acceptors (Lipinski definition) is 10. The zero-order valence-corrected chi connectivity index (χ0v) is 37.2. The Morgan fingerprint density at radius 1 is 0.533 bits per heavy atom. The number of allylic oxidation sites excluding steroid dienone is 10. The summed E-state index contributed by atoms with van der Waals surface area (Å²) in [5, 5.41) is 39.8. The summed E-state index contributed by atoms with van der Waals surface area (Å²) in [6.45, 7) is 3.65. The van der Waals surface area contributed by atoms with Crippen LogP contribution >= 0.6 is 0 Å². The van der Waals surface area contributed by atoms with E-state index in [0.29, 0.717) is 12.8 Å². The van der Waals surface area contributed by atoms with Crippen molar-refractivity contribution in [2.45, 2.75) is 218 Å². The lowest BCUT2D eigenvalue weighted by molar-refractivity contribution is -0.298. The molecule has 1 aliphatic heterocycles. The molecule has 6 unspecified atom stereocenters. The predicted octanol–water partition coefficient (Wildman–Crippen LogP) is 10.3. The Labute approximate surface area is 362 Å². The molecule has 4 N–H and O–H groups in total. The number of unbranched alkanes of at least 4 members (excludes halogenated alkanes) is 17. The maximum absolute atomic E-state index is 12.8. The number of carboxylic acid groups (broad SMARTS) is 1. The molecule has 1 fully saturated rings. The number of carbonyl (C=O) groups excluding carboxylic acids is 2. The van der Waals surface area contributed by atoms with Gasteiger partial charge in [-0.2, -0.15) is 0 Å². The molecule has 1 heterocycles. The zero-order chi connectivity index (χ0) is 43.9. The topological polar surface area (TPSA) is 169 Å². The number of ether oxygens (including phenoxy) is 4. The van der Waals surface area contributed by atoms with Gasteiger partial charge in [0.2, 0.25) is 0 Å². The van der Waals surface area contributed by atoms with Crippen LogP contribution in [0, 0.1) is 0 Å². The third kappa shape index (κ3) is 30.0. The highest BCUT2D eigenvalue weighted by Crippen LogP contribution is 2.23. The van der Waals surface area contributed by atoms with E-state index in [1.807, 2.05) is 0 Å². The smallest absolute Gasteiger partial charge is 0.335 e. The summed E-state index contributed by atoms with van der Waals surface area (Å²) < 4.78 is 21.7. The number of aliphatic hydroxyl groups is 3. The Morgan fingerprint density at radius 3 is 1.50 bits per heavy atom. The van der Waals surface area contributed by atoms with Crippen LogP contribution in [0.15, 0.2) is 60.8 Å². The van der Waals surface area contributed by atoms with E-state index in [0.717, 1.165) is 70.6 Å². The van der Waals surface area contributed by atoms with Crippen LogP contribution in [0.25, 0.3) is 0 Å². The molecule has 0 spiro atoms. The molecule has 1 rings (SSSR count). The SMILES string of the molecule is CC/C=C\C/C=C\C/C=C\CCCCCC(=O)OCC(COC1OC(C(=O)O)C(O)C(O)C1O)OC(=O)CCCCCCCCCCC/C=C\C/C=C\CCCCCCC. The molecule has 344 valence electrons. The molecule has 11 heteroatoms. The van der Waals surface area contributed by atoms with Gasteiger partial charge in [-0.1, -0.05) is 152 Å². The van der Waals surface area contributed by atoms with Gasteiger partial charge in [0.15, 0.2) is 18.5 Å². The summed E-state index contributed by atoms with van der Waals surface area (Å²) in [5.41, 5.74) is 0. The molecule has 0 saturated carbocycles. The second-order valence-corrected chi connectivity index (χ2v) is 15.9. The first-order chi connectivity index (χ1) is 29.2. The summed E-state index contributed by atoms with van der Waals surface area (Å²) >= 11 is 0. The van der Waals surface area contributed by atoms with E-state index < -0.39 is 61.3 Å².